The maximum atomic E-state index is 11.6. The molecule has 1 saturated carbocycles. The maximum absolute atomic E-state index is 11.6. The van der Waals surface area contributed by atoms with Gasteiger partial charge in [0.25, 0.3) is 0 Å². The van der Waals surface area contributed by atoms with Crippen molar-refractivity contribution in [2.75, 3.05) is 6.61 Å². The first kappa shape index (κ1) is 10.9. The first-order valence-corrected chi connectivity index (χ1v) is 5.79. The summed E-state index contributed by atoms with van der Waals surface area (Å²) in [5.74, 6) is -0.128. The summed E-state index contributed by atoms with van der Waals surface area (Å²) in [5.41, 5.74) is -0.505. The van der Waals surface area contributed by atoms with Crippen molar-refractivity contribution in [1.29, 1.82) is 0 Å². The Kier molecular flexibility index (Phi) is 2.53. The van der Waals surface area contributed by atoms with E-state index in [1.807, 2.05) is 20.8 Å². The standard InChI is InChI=1S/C12H20O3/c1-11(2,3)10(13)14-8-12-7-5-4-6-9(12)15-12/h9H,4-8H2,1-3H3. The normalized spacial score (nSPS) is 34.5. The average Bonchev–Trinajstić information content (AvgIpc) is 2.87. The molecule has 2 rings (SSSR count). The summed E-state index contributed by atoms with van der Waals surface area (Å²) in [5, 5.41) is 0. The molecule has 2 fully saturated rings. The highest BCUT2D eigenvalue weighted by atomic mass is 16.6. The number of hydrogen-bond acceptors (Lipinski definition) is 3. The van der Waals surface area contributed by atoms with Crippen molar-refractivity contribution in [2.24, 2.45) is 5.41 Å². The van der Waals surface area contributed by atoms with Crippen LogP contribution in [0.25, 0.3) is 0 Å². The lowest BCUT2D eigenvalue weighted by Crippen LogP contribution is -2.31. The Hall–Kier alpha value is -0.570. The molecule has 86 valence electrons. The highest BCUT2D eigenvalue weighted by Crippen LogP contribution is 2.48. The van der Waals surface area contributed by atoms with Crippen LogP contribution in [0, 0.1) is 5.41 Å². The molecule has 0 spiro atoms. The Labute approximate surface area is 91.1 Å². The van der Waals surface area contributed by atoms with Crippen molar-refractivity contribution in [2.45, 2.75) is 58.2 Å². The van der Waals surface area contributed by atoms with Crippen LogP contribution >= 0.6 is 0 Å². The second-order valence-electron chi connectivity index (χ2n) is 5.74. The fourth-order valence-electron chi connectivity index (χ4n) is 2.15. The quantitative estimate of drug-likeness (QED) is 0.520. The van der Waals surface area contributed by atoms with Crippen LogP contribution in [0.3, 0.4) is 0 Å². The number of ether oxygens (including phenoxy) is 2. The summed E-state index contributed by atoms with van der Waals surface area (Å²) in [6, 6.07) is 0. The van der Waals surface area contributed by atoms with E-state index >= 15 is 0 Å². The third-order valence-electron chi connectivity index (χ3n) is 3.28. The smallest absolute Gasteiger partial charge is 0.311 e. The molecule has 1 heterocycles. The van der Waals surface area contributed by atoms with Gasteiger partial charge >= 0.3 is 5.97 Å². The first-order chi connectivity index (χ1) is 6.94. The minimum absolute atomic E-state index is 0.0981. The number of fused-ring (bicyclic) bond motifs is 1. The van der Waals surface area contributed by atoms with Crippen molar-refractivity contribution in [3.05, 3.63) is 0 Å². The van der Waals surface area contributed by atoms with Crippen molar-refractivity contribution in [3.63, 3.8) is 0 Å². The van der Waals surface area contributed by atoms with Crippen LogP contribution in [-0.4, -0.2) is 24.3 Å². The number of carbonyl (C=O) groups is 1. The topological polar surface area (TPSA) is 38.8 Å². The fraction of sp³-hybridized carbons (Fsp3) is 0.917. The van der Waals surface area contributed by atoms with E-state index in [4.69, 9.17) is 9.47 Å². The summed E-state index contributed by atoms with van der Waals surface area (Å²) in [7, 11) is 0. The van der Waals surface area contributed by atoms with E-state index in [1.54, 1.807) is 0 Å². The van der Waals surface area contributed by atoms with Gasteiger partial charge < -0.3 is 9.47 Å². The number of epoxide rings is 1. The molecule has 0 amide bonds. The zero-order chi connectivity index (χ0) is 11.1. The van der Waals surface area contributed by atoms with Crippen molar-refractivity contribution >= 4 is 5.97 Å². The lowest BCUT2D eigenvalue weighted by molar-refractivity contribution is -0.155. The summed E-state index contributed by atoms with van der Waals surface area (Å²) in [4.78, 5) is 11.6. The zero-order valence-electron chi connectivity index (χ0n) is 9.84. The molecule has 2 aliphatic rings. The second kappa shape index (κ2) is 3.48. The molecule has 0 radical (unpaired) electrons. The molecule has 2 atom stereocenters. The maximum Gasteiger partial charge on any atom is 0.311 e. The lowest BCUT2D eigenvalue weighted by atomic mass is 9.89. The Morgan fingerprint density at radius 3 is 2.80 bits per heavy atom. The summed E-state index contributed by atoms with van der Waals surface area (Å²) < 4.78 is 11.0. The lowest BCUT2D eigenvalue weighted by Gasteiger charge is -2.21. The molecule has 2 unspecified atom stereocenters. The van der Waals surface area contributed by atoms with Crippen molar-refractivity contribution in [1.82, 2.24) is 0 Å². The van der Waals surface area contributed by atoms with E-state index in [0.29, 0.717) is 12.7 Å². The number of rotatable bonds is 2. The molecule has 0 aromatic heterocycles. The highest BCUT2D eigenvalue weighted by molar-refractivity contribution is 5.75. The third-order valence-corrected chi connectivity index (χ3v) is 3.28. The molecule has 0 aromatic carbocycles. The van der Waals surface area contributed by atoms with E-state index < -0.39 is 5.41 Å². The molecular weight excluding hydrogens is 192 g/mol. The van der Waals surface area contributed by atoms with E-state index in [9.17, 15) is 4.79 Å². The Morgan fingerprint density at radius 2 is 2.20 bits per heavy atom. The van der Waals surface area contributed by atoms with Crippen LogP contribution < -0.4 is 0 Å². The van der Waals surface area contributed by atoms with Gasteiger partial charge in [0.2, 0.25) is 0 Å². The van der Waals surface area contributed by atoms with E-state index in [-0.39, 0.29) is 11.6 Å². The average molecular weight is 212 g/mol. The van der Waals surface area contributed by atoms with Crippen LogP contribution in [0.1, 0.15) is 46.5 Å². The largest absolute Gasteiger partial charge is 0.462 e. The zero-order valence-corrected chi connectivity index (χ0v) is 9.84. The van der Waals surface area contributed by atoms with Gasteiger partial charge in [-0.3, -0.25) is 4.79 Å². The molecule has 1 aliphatic heterocycles. The molecule has 0 N–H and O–H groups in total. The van der Waals surface area contributed by atoms with Crippen LogP contribution in [-0.2, 0) is 14.3 Å². The van der Waals surface area contributed by atoms with Crippen LogP contribution in [0.4, 0.5) is 0 Å². The fourth-order valence-corrected chi connectivity index (χ4v) is 2.15. The first-order valence-electron chi connectivity index (χ1n) is 5.79. The van der Waals surface area contributed by atoms with Gasteiger partial charge in [-0.05, 0) is 33.6 Å². The summed E-state index contributed by atoms with van der Waals surface area (Å²) in [6.07, 6.45) is 4.99. The predicted octanol–water partition coefficient (Wildman–Crippen LogP) is 2.29. The number of carbonyl (C=O) groups excluding carboxylic acids is 1. The van der Waals surface area contributed by atoms with Gasteiger partial charge in [-0.2, -0.15) is 0 Å². The van der Waals surface area contributed by atoms with Crippen LogP contribution in [0.2, 0.25) is 0 Å². The predicted molar refractivity (Wildman–Crippen MR) is 56.5 cm³/mol. The van der Waals surface area contributed by atoms with Crippen LogP contribution in [0.5, 0.6) is 0 Å². The molecule has 1 aliphatic carbocycles. The van der Waals surface area contributed by atoms with Crippen molar-refractivity contribution in [3.8, 4) is 0 Å². The minimum atomic E-state index is -0.407. The third kappa shape index (κ3) is 2.17. The molecule has 1 saturated heterocycles. The minimum Gasteiger partial charge on any atom is -0.462 e. The monoisotopic (exact) mass is 212 g/mol. The van der Waals surface area contributed by atoms with Gasteiger partial charge in [-0.1, -0.05) is 12.8 Å². The van der Waals surface area contributed by atoms with Gasteiger partial charge in [-0.15, -0.1) is 0 Å². The van der Waals surface area contributed by atoms with Crippen LogP contribution in [0.15, 0.2) is 0 Å². The SMILES string of the molecule is CC(C)(C)C(=O)OCC12CCCCC1O2. The number of hydrogen-bond donors (Lipinski definition) is 0. The Bertz CT molecular complexity index is 267. The Balaban J connectivity index is 1.82. The molecule has 0 bridgehead atoms. The molecule has 15 heavy (non-hydrogen) atoms. The second-order valence-corrected chi connectivity index (χ2v) is 5.74. The molecule has 0 aromatic rings. The van der Waals surface area contributed by atoms with Gasteiger partial charge in [0.05, 0.1) is 11.5 Å². The highest BCUT2D eigenvalue weighted by Gasteiger charge is 2.58. The van der Waals surface area contributed by atoms with Gasteiger partial charge in [0.1, 0.15) is 12.2 Å². The van der Waals surface area contributed by atoms with E-state index in [0.717, 1.165) is 12.8 Å². The van der Waals surface area contributed by atoms with E-state index in [2.05, 4.69) is 0 Å². The molecular formula is C12H20O3. The van der Waals surface area contributed by atoms with Gasteiger partial charge in [-0.25, -0.2) is 0 Å². The van der Waals surface area contributed by atoms with Crippen molar-refractivity contribution < 1.29 is 14.3 Å². The summed E-state index contributed by atoms with van der Waals surface area (Å²) >= 11 is 0. The number of esters is 1. The molecule has 3 heteroatoms. The van der Waals surface area contributed by atoms with Gasteiger partial charge in [0.15, 0.2) is 0 Å². The summed E-state index contributed by atoms with van der Waals surface area (Å²) in [6.45, 7) is 6.07. The van der Waals surface area contributed by atoms with E-state index in [1.165, 1.54) is 12.8 Å². The molecule has 3 nitrogen and oxygen atoms in total. The Morgan fingerprint density at radius 1 is 1.47 bits per heavy atom. The van der Waals surface area contributed by atoms with Gasteiger partial charge in [0, 0.05) is 0 Å².